The first-order chi connectivity index (χ1) is 14.0. The van der Waals surface area contributed by atoms with Gasteiger partial charge >= 0.3 is 5.97 Å². The van der Waals surface area contributed by atoms with E-state index in [0.29, 0.717) is 17.2 Å². The maximum atomic E-state index is 12.5. The summed E-state index contributed by atoms with van der Waals surface area (Å²) in [7, 11) is 0. The van der Waals surface area contributed by atoms with E-state index in [9.17, 15) is 14.4 Å². The molecule has 0 atom stereocenters. The molecule has 0 fully saturated rings. The molecule has 29 heavy (non-hydrogen) atoms. The average Bonchev–Trinajstić information content (AvgIpc) is 3.15. The first-order valence-electron chi connectivity index (χ1n) is 9.39. The van der Waals surface area contributed by atoms with Gasteiger partial charge in [0.15, 0.2) is 17.5 Å². The van der Waals surface area contributed by atoms with Gasteiger partial charge in [0.25, 0.3) is 5.91 Å². The van der Waals surface area contributed by atoms with Crippen LogP contribution in [0.4, 0.5) is 5.13 Å². The summed E-state index contributed by atoms with van der Waals surface area (Å²) in [6.45, 7) is 3.83. The normalized spacial score (nSPS) is 10.7. The van der Waals surface area contributed by atoms with Gasteiger partial charge in [-0.15, -0.1) is 0 Å². The highest BCUT2D eigenvalue weighted by Crippen LogP contribution is 2.28. The number of aryl methyl sites for hydroxylation is 1. The molecule has 0 spiro atoms. The van der Waals surface area contributed by atoms with Crippen LogP contribution in [0.5, 0.6) is 0 Å². The highest BCUT2D eigenvalue weighted by Gasteiger charge is 2.20. The lowest BCUT2D eigenvalue weighted by atomic mass is 10.1. The molecule has 0 radical (unpaired) electrons. The van der Waals surface area contributed by atoms with Crippen LogP contribution in [0.2, 0.25) is 0 Å². The Morgan fingerprint density at radius 3 is 2.45 bits per heavy atom. The van der Waals surface area contributed by atoms with Crippen LogP contribution in [0.3, 0.4) is 0 Å². The number of hydrogen-bond acceptors (Lipinski definition) is 6. The Bertz CT molecular complexity index is 994. The number of esters is 1. The minimum absolute atomic E-state index is 0.0471. The third-order valence-electron chi connectivity index (χ3n) is 4.42. The molecule has 1 amide bonds. The van der Waals surface area contributed by atoms with Crippen molar-refractivity contribution in [2.24, 2.45) is 0 Å². The van der Waals surface area contributed by atoms with E-state index in [1.54, 1.807) is 12.1 Å². The number of rotatable bonds is 8. The molecule has 7 heteroatoms. The summed E-state index contributed by atoms with van der Waals surface area (Å²) in [4.78, 5) is 42.6. The van der Waals surface area contributed by atoms with Crippen LogP contribution in [-0.2, 0) is 14.3 Å². The number of para-hydroxylation sites is 1. The minimum Gasteiger partial charge on any atom is -0.456 e. The van der Waals surface area contributed by atoms with Gasteiger partial charge < -0.3 is 4.74 Å². The van der Waals surface area contributed by atoms with Crippen molar-refractivity contribution in [1.82, 2.24) is 4.98 Å². The molecule has 2 aromatic carbocycles. The number of ether oxygens (including phenoxy) is 1. The van der Waals surface area contributed by atoms with Crippen molar-refractivity contribution >= 4 is 44.3 Å². The predicted molar refractivity (Wildman–Crippen MR) is 113 cm³/mol. The van der Waals surface area contributed by atoms with Crippen molar-refractivity contribution in [2.75, 3.05) is 18.1 Å². The van der Waals surface area contributed by atoms with Gasteiger partial charge in [-0.1, -0.05) is 53.3 Å². The molecule has 0 aliphatic rings. The number of benzene rings is 2. The smallest absolute Gasteiger partial charge is 0.306 e. The van der Waals surface area contributed by atoms with E-state index < -0.39 is 5.97 Å². The number of likely N-dealkylation sites (N-methyl/N-ethyl adjacent to an activating group) is 1. The van der Waals surface area contributed by atoms with Crippen molar-refractivity contribution in [3.63, 3.8) is 0 Å². The van der Waals surface area contributed by atoms with Crippen LogP contribution in [0.1, 0.15) is 35.7 Å². The second-order valence-electron chi connectivity index (χ2n) is 6.55. The number of anilines is 1. The molecular weight excluding hydrogens is 388 g/mol. The summed E-state index contributed by atoms with van der Waals surface area (Å²) >= 11 is 1.41. The summed E-state index contributed by atoms with van der Waals surface area (Å²) in [5, 5.41) is 0.573. The molecule has 3 rings (SSSR count). The molecule has 0 saturated heterocycles. The van der Waals surface area contributed by atoms with E-state index in [4.69, 9.17) is 4.74 Å². The van der Waals surface area contributed by atoms with Crippen LogP contribution < -0.4 is 4.90 Å². The number of fused-ring (bicyclic) bond motifs is 1. The molecule has 0 aliphatic heterocycles. The number of Topliss-reactive ketones (excluding diaryl/α,β-unsaturated/α-hetero) is 1. The molecule has 0 unspecified atom stereocenters. The Morgan fingerprint density at radius 2 is 1.76 bits per heavy atom. The lowest BCUT2D eigenvalue weighted by Crippen LogP contribution is -2.34. The monoisotopic (exact) mass is 410 g/mol. The summed E-state index contributed by atoms with van der Waals surface area (Å²) in [5.41, 5.74) is 2.45. The molecular formula is C22H22N2O4S. The van der Waals surface area contributed by atoms with Crippen LogP contribution in [0.25, 0.3) is 10.2 Å². The maximum absolute atomic E-state index is 12.5. The lowest BCUT2D eigenvalue weighted by Gasteiger charge is -2.17. The van der Waals surface area contributed by atoms with E-state index in [2.05, 4.69) is 4.98 Å². The van der Waals surface area contributed by atoms with Crippen molar-refractivity contribution in [1.29, 1.82) is 0 Å². The number of hydrogen-bond donors (Lipinski definition) is 0. The Kier molecular flexibility index (Phi) is 6.72. The summed E-state index contributed by atoms with van der Waals surface area (Å²) in [5.74, 6) is -1.04. The Morgan fingerprint density at radius 1 is 1.03 bits per heavy atom. The third kappa shape index (κ3) is 5.26. The number of carbonyl (C=O) groups is 3. The quantitative estimate of drug-likeness (QED) is 0.412. The SMILES string of the molecule is CCN(C(=O)COC(=O)CCC(=O)c1ccc(C)cc1)c1nc2ccccc2s1. The second kappa shape index (κ2) is 9.43. The number of carbonyl (C=O) groups excluding carboxylic acids is 3. The first-order valence-corrected chi connectivity index (χ1v) is 10.2. The molecule has 0 N–H and O–H groups in total. The van der Waals surface area contributed by atoms with Crippen molar-refractivity contribution in [3.05, 3.63) is 59.7 Å². The molecule has 3 aromatic rings. The van der Waals surface area contributed by atoms with Gasteiger partial charge in [-0.3, -0.25) is 19.3 Å². The van der Waals surface area contributed by atoms with Gasteiger partial charge in [0, 0.05) is 18.5 Å². The van der Waals surface area contributed by atoms with Gasteiger partial charge in [0.05, 0.1) is 16.6 Å². The summed E-state index contributed by atoms with van der Waals surface area (Å²) < 4.78 is 6.07. The average molecular weight is 410 g/mol. The maximum Gasteiger partial charge on any atom is 0.306 e. The van der Waals surface area contributed by atoms with Gasteiger partial charge in [-0.2, -0.15) is 0 Å². The molecule has 0 saturated carbocycles. The van der Waals surface area contributed by atoms with E-state index in [1.807, 2.05) is 50.2 Å². The Balaban J connectivity index is 1.51. The van der Waals surface area contributed by atoms with Crippen LogP contribution >= 0.6 is 11.3 Å². The zero-order valence-corrected chi connectivity index (χ0v) is 17.2. The van der Waals surface area contributed by atoms with Gasteiger partial charge in [-0.05, 0) is 26.0 Å². The first kappa shape index (κ1) is 20.7. The van der Waals surface area contributed by atoms with E-state index in [-0.39, 0.29) is 31.1 Å². The zero-order valence-electron chi connectivity index (χ0n) is 16.4. The Hall–Kier alpha value is -3.06. The molecule has 1 heterocycles. The lowest BCUT2D eigenvalue weighted by molar-refractivity contribution is -0.147. The number of amides is 1. The largest absolute Gasteiger partial charge is 0.456 e. The number of thiazole rings is 1. The summed E-state index contributed by atoms with van der Waals surface area (Å²) in [6.07, 6.45) is -0.0152. The van der Waals surface area contributed by atoms with Crippen LogP contribution in [0.15, 0.2) is 48.5 Å². The molecule has 0 bridgehead atoms. The standard InChI is InChI=1S/C22H22N2O4S/c1-3-24(22-23-17-6-4-5-7-19(17)29-22)20(26)14-28-21(27)13-12-18(25)16-10-8-15(2)9-11-16/h4-11H,3,12-14H2,1-2H3. The molecule has 150 valence electrons. The topological polar surface area (TPSA) is 76.6 Å². The van der Waals surface area contributed by atoms with Crippen molar-refractivity contribution in [3.8, 4) is 0 Å². The molecule has 1 aromatic heterocycles. The fraction of sp³-hybridized carbons (Fsp3) is 0.273. The number of ketones is 1. The molecule has 0 aliphatic carbocycles. The molecule has 6 nitrogen and oxygen atoms in total. The van der Waals surface area contributed by atoms with E-state index >= 15 is 0 Å². The number of nitrogens with zero attached hydrogens (tertiary/aromatic N) is 2. The highest BCUT2D eigenvalue weighted by molar-refractivity contribution is 7.22. The zero-order chi connectivity index (χ0) is 20.8. The second-order valence-corrected chi connectivity index (χ2v) is 7.56. The highest BCUT2D eigenvalue weighted by atomic mass is 32.1. The summed E-state index contributed by atoms with van der Waals surface area (Å²) in [6, 6.07) is 14.8. The third-order valence-corrected chi connectivity index (χ3v) is 5.48. The van der Waals surface area contributed by atoms with Gasteiger partial charge in [0.1, 0.15) is 0 Å². The fourth-order valence-corrected chi connectivity index (χ4v) is 3.83. The predicted octanol–water partition coefficient (Wildman–Crippen LogP) is 4.16. The van der Waals surface area contributed by atoms with Crippen molar-refractivity contribution in [2.45, 2.75) is 26.7 Å². The van der Waals surface area contributed by atoms with Crippen molar-refractivity contribution < 1.29 is 19.1 Å². The van der Waals surface area contributed by atoms with E-state index in [1.165, 1.54) is 16.2 Å². The van der Waals surface area contributed by atoms with E-state index in [0.717, 1.165) is 15.8 Å². The number of aromatic nitrogens is 1. The van der Waals surface area contributed by atoms with Gasteiger partial charge in [0.2, 0.25) is 0 Å². The minimum atomic E-state index is -0.570. The Labute approximate surface area is 173 Å². The van der Waals surface area contributed by atoms with Crippen LogP contribution in [-0.4, -0.2) is 35.8 Å². The fourth-order valence-electron chi connectivity index (χ4n) is 2.79. The van der Waals surface area contributed by atoms with Crippen LogP contribution in [0, 0.1) is 6.92 Å². The van der Waals surface area contributed by atoms with Gasteiger partial charge in [-0.25, -0.2) is 4.98 Å².